The lowest BCUT2D eigenvalue weighted by molar-refractivity contribution is 0.104. The van der Waals surface area contributed by atoms with E-state index in [4.69, 9.17) is 4.74 Å². The van der Waals surface area contributed by atoms with Crippen LogP contribution in [-0.4, -0.2) is 26.5 Å². The third kappa shape index (κ3) is 14.4. The second kappa shape index (κ2) is 20.4. The highest BCUT2D eigenvalue weighted by atomic mass is 16.5. The van der Waals surface area contributed by atoms with Crippen molar-refractivity contribution in [3.05, 3.63) is 65.7 Å². The maximum absolute atomic E-state index is 12.4. The van der Waals surface area contributed by atoms with Crippen LogP contribution in [0.3, 0.4) is 0 Å². The van der Waals surface area contributed by atoms with Gasteiger partial charge in [-0.05, 0) is 54.5 Å². The van der Waals surface area contributed by atoms with Crippen LogP contribution in [0.25, 0.3) is 6.08 Å². The van der Waals surface area contributed by atoms with E-state index in [2.05, 4.69) is 6.92 Å². The van der Waals surface area contributed by atoms with Gasteiger partial charge < -0.3 is 9.64 Å². The fourth-order valence-electron chi connectivity index (χ4n) is 4.71. The Hall–Kier alpha value is -2.55. The first kappa shape index (κ1) is 31.7. The van der Waals surface area contributed by atoms with Gasteiger partial charge in [-0.25, -0.2) is 0 Å². The highest BCUT2D eigenvalue weighted by molar-refractivity contribution is 6.06. The van der Waals surface area contributed by atoms with Gasteiger partial charge in [0.05, 0.1) is 6.61 Å². The molecule has 0 saturated heterocycles. The van der Waals surface area contributed by atoms with Crippen molar-refractivity contribution in [3.8, 4) is 5.75 Å². The first-order valence-corrected chi connectivity index (χ1v) is 15.3. The van der Waals surface area contributed by atoms with Gasteiger partial charge in [-0.1, -0.05) is 121 Å². The van der Waals surface area contributed by atoms with E-state index < -0.39 is 0 Å². The molecule has 0 bridgehead atoms. The van der Waals surface area contributed by atoms with Gasteiger partial charge in [0.25, 0.3) is 0 Å². The van der Waals surface area contributed by atoms with E-state index in [1.165, 1.54) is 96.3 Å². The molecule has 0 aromatic heterocycles. The summed E-state index contributed by atoms with van der Waals surface area (Å²) in [4.78, 5) is 14.4. The Kier molecular flexibility index (Phi) is 17.0. The largest absolute Gasteiger partial charge is 0.494 e. The molecule has 3 nitrogen and oxygen atoms in total. The summed E-state index contributed by atoms with van der Waals surface area (Å²) in [6, 6.07) is 15.7. The lowest BCUT2D eigenvalue weighted by Crippen LogP contribution is -2.08. The fraction of sp³-hybridized carbons (Fsp3) is 0.571. The SMILES string of the molecule is CCCCCCCCCCCCCCCCCCOc1ccc(C=CC(=O)c2ccc(N(C)C)cc2)cc1. The van der Waals surface area contributed by atoms with Gasteiger partial charge in [-0.2, -0.15) is 0 Å². The smallest absolute Gasteiger partial charge is 0.185 e. The third-order valence-corrected chi connectivity index (χ3v) is 7.24. The van der Waals surface area contributed by atoms with Crippen molar-refractivity contribution >= 4 is 17.5 Å². The average molecular weight is 520 g/mol. The zero-order valence-corrected chi connectivity index (χ0v) is 24.6. The first-order chi connectivity index (χ1) is 18.6. The van der Waals surface area contributed by atoms with Gasteiger partial charge in [-0.15, -0.1) is 0 Å². The van der Waals surface area contributed by atoms with E-state index in [9.17, 15) is 4.79 Å². The van der Waals surface area contributed by atoms with E-state index in [0.717, 1.165) is 30.0 Å². The molecule has 0 radical (unpaired) electrons. The Bertz CT molecular complexity index is 883. The number of rotatable bonds is 22. The Morgan fingerprint density at radius 2 is 1.13 bits per heavy atom. The molecular formula is C35H53NO2. The summed E-state index contributed by atoms with van der Waals surface area (Å²) in [6.45, 7) is 3.06. The molecule has 0 fully saturated rings. The van der Waals surface area contributed by atoms with E-state index in [1.807, 2.05) is 73.6 Å². The summed E-state index contributed by atoms with van der Waals surface area (Å²) in [6.07, 6.45) is 25.6. The summed E-state index contributed by atoms with van der Waals surface area (Å²) in [7, 11) is 3.98. The molecule has 210 valence electrons. The number of benzene rings is 2. The molecule has 2 aromatic carbocycles. The molecular weight excluding hydrogens is 466 g/mol. The van der Waals surface area contributed by atoms with E-state index in [0.29, 0.717) is 5.56 Å². The Balaban J connectivity index is 1.45. The highest BCUT2D eigenvalue weighted by Crippen LogP contribution is 2.17. The molecule has 3 heteroatoms. The van der Waals surface area contributed by atoms with Crippen molar-refractivity contribution < 1.29 is 9.53 Å². The molecule has 0 atom stereocenters. The molecule has 0 spiro atoms. The van der Waals surface area contributed by atoms with Crippen LogP contribution in [0.4, 0.5) is 5.69 Å². The number of carbonyl (C=O) groups is 1. The van der Waals surface area contributed by atoms with Crippen LogP contribution in [0.2, 0.25) is 0 Å². The fourth-order valence-corrected chi connectivity index (χ4v) is 4.71. The van der Waals surface area contributed by atoms with Gasteiger partial charge in [0.2, 0.25) is 0 Å². The van der Waals surface area contributed by atoms with Crippen LogP contribution in [-0.2, 0) is 0 Å². The Labute approximate surface area is 233 Å². The normalized spacial score (nSPS) is 11.2. The predicted molar refractivity (Wildman–Crippen MR) is 166 cm³/mol. The summed E-state index contributed by atoms with van der Waals surface area (Å²) in [5.41, 5.74) is 2.78. The quantitative estimate of drug-likeness (QED) is 0.0880. The summed E-state index contributed by atoms with van der Waals surface area (Å²) < 4.78 is 5.91. The van der Waals surface area contributed by atoms with Crippen LogP contribution < -0.4 is 9.64 Å². The second-order valence-electron chi connectivity index (χ2n) is 10.9. The molecule has 0 saturated carbocycles. The average Bonchev–Trinajstić information content (AvgIpc) is 2.94. The van der Waals surface area contributed by atoms with Gasteiger partial charge in [0.1, 0.15) is 5.75 Å². The number of allylic oxidation sites excluding steroid dienone is 1. The van der Waals surface area contributed by atoms with E-state index >= 15 is 0 Å². The molecule has 0 unspecified atom stereocenters. The minimum absolute atomic E-state index is 0.0131. The minimum Gasteiger partial charge on any atom is -0.494 e. The minimum atomic E-state index is 0.0131. The number of ketones is 1. The highest BCUT2D eigenvalue weighted by Gasteiger charge is 2.03. The maximum atomic E-state index is 12.4. The second-order valence-corrected chi connectivity index (χ2v) is 10.9. The summed E-state index contributed by atoms with van der Waals surface area (Å²) >= 11 is 0. The molecule has 0 heterocycles. The van der Waals surface area contributed by atoms with E-state index in [1.54, 1.807) is 6.08 Å². The molecule has 2 rings (SSSR count). The predicted octanol–water partition coefficient (Wildman–Crippen LogP) is 10.3. The van der Waals surface area contributed by atoms with Gasteiger partial charge >= 0.3 is 0 Å². The molecule has 0 aliphatic heterocycles. The molecule has 2 aromatic rings. The third-order valence-electron chi connectivity index (χ3n) is 7.24. The van der Waals surface area contributed by atoms with Gasteiger partial charge in [-0.3, -0.25) is 4.79 Å². The number of carbonyl (C=O) groups excluding carboxylic acids is 1. The summed E-state index contributed by atoms with van der Waals surface area (Å²) in [5.74, 6) is 0.910. The molecule has 0 aliphatic carbocycles. The van der Waals surface area contributed by atoms with E-state index in [-0.39, 0.29) is 5.78 Å². The van der Waals surface area contributed by atoms with Gasteiger partial charge in [0, 0.05) is 25.3 Å². The standard InChI is InChI=1S/C35H53NO2/c1-4-5-6-7-8-9-10-11-12-13-14-15-16-17-18-19-30-38-34-27-20-31(21-28-34)22-29-35(37)32-23-25-33(26-24-32)36(2)3/h20-29H,4-19,30H2,1-3H3. The van der Waals surface area contributed by atoms with Crippen molar-refractivity contribution in [2.45, 2.75) is 110 Å². The number of unbranched alkanes of at least 4 members (excludes halogenated alkanes) is 15. The van der Waals surface area contributed by atoms with Crippen LogP contribution in [0.15, 0.2) is 54.6 Å². The lowest BCUT2D eigenvalue weighted by Gasteiger charge is -2.11. The van der Waals surface area contributed by atoms with Crippen LogP contribution in [0, 0.1) is 0 Å². The van der Waals surface area contributed by atoms with Crippen LogP contribution in [0.1, 0.15) is 126 Å². The zero-order valence-electron chi connectivity index (χ0n) is 24.6. The number of ether oxygens (including phenoxy) is 1. The van der Waals surface area contributed by atoms with Crippen molar-refractivity contribution in [2.24, 2.45) is 0 Å². The monoisotopic (exact) mass is 519 g/mol. The van der Waals surface area contributed by atoms with Crippen LogP contribution >= 0.6 is 0 Å². The zero-order chi connectivity index (χ0) is 27.3. The molecule has 0 amide bonds. The van der Waals surface area contributed by atoms with Crippen molar-refractivity contribution in [1.82, 2.24) is 0 Å². The molecule has 0 aliphatic rings. The first-order valence-electron chi connectivity index (χ1n) is 15.3. The van der Waals surface area contributed by atoms with Crippen molar-refractivity contribution in [1.29, 1.82) is 0 Å². The topological polar surface area (TPSA) is 29.5 Å². The lowest BCUT2D eigenvalue weighted by atomic mass is 10.0. The number of anilines is 1. The number of nitrogens with zero attached hydrogens (tertiary/aromatic N) is 1. The Morgan fingerprint density at radius 1 is 0.658 bits per heavy atom. The Morgan fingerprint density at radius 3 is 1.61 bits per heavy atom. The molecule has 38 heavy (non-hydrogen) atoms. The number of hydrogen-bond donors (Lipinski definition) is 0. The van der Waals surface area contributed by atoms with Crippen LogP contribution in [0.5, 0.6) is 5.75 Å². The van der Waals surface area contributed by atoms with Gasteiger partial charge in [0.15, 0.2) is 5.78 Å². The molecule has 0 N–H and O–H groups in total. The summed E-state index contributed by atoms with van der Waals surface area (Å²) in [5, 5.41) is 0. The maximum Gasteiger partial charge on any atom is 0.185 e. The number of hydrogen-bond acceptors (Lipinski definition) is 3. The van der Waals surface area contributed by atoms with Crippen molar-refractivity contribution in [3.63, 3.8) is 0 Å². The van der Waals surface area contributed by atoms with Crippen molar-refractivity contribution in [2.75, 3.05) is 25.6 Å².